The minimum atomic E-state index is -0.608. The number of rotatable bonds is 6. The average Bonchev–Trinajstić information content (AvgIpc) is 2.96. The highest BCUT2D eigenvalue weighted by Crippen LogP contribution is 2.25. The summed E-state index contributed by atoms with van der Waals surface area (Å²) in [6.45, 7) is 0.542. The van der Waals surface area contributed by atoms with Crippen LogP contribution < -0.4 is 10.6 Å². The molecule has 0 radical (unpaired) electrons. The summed E-state index contributed by atoms with van der Waals surface area (Å²) in [6, 6.07) is 3.00. The quantitative estimate of drug-likeness (QED) is 0.769. The zero-order valence-corrected chi connectivity index (χ0v) is 14.2. The van der Waals surface area contributed by atoms with Gasteiger partial charge in [-0.1, -0.05) is 25.3 Å². The van der Waals surface area contributed by atoms with Crippen molar-refractivity contribution in [1.82, 2.24) is 20.5 Å². The smallest absolute Gasteiger partial charge is 0.322 e. The number of carbonyl (C=O) groups is 3. The normalized spacial score (nSPS) is 20.9. The maximum absolute atomic E-state index is 12.9. The van der Waals surface area contributed by atoms with E-state index in [0.29, 0.717) is 13.0 Å². The molecule has 2 fully saturated rings. The molecule has 1 aromatic rings. The predicted molar refractivity (Wildman–Crippen MR) is 91.4 cm³/mol. The van der Waals surface area contributed by atoms with Crippen LogP contribution in [-0.4, -0.2) is 39.8 Å². The van der Waals surface area contributed by atoms with Crippen LogP contribution in [0.1, 0.15) is 50.5 Å². The second-order valence-electron chi connectivity index (χ2n) is 6.73. The van der Waals surface area contributed by atoms with E-state index in [1.54, 1.807) is 12.4 Å². The number of imide groups is 1. The van der Waals surface area contributed by atoms with E-state index < -0.39 is 12.1 Å². The standard InChI is InChI=1S/C18H24N4O3/c23-16(9-8-15-17(24)21-18(25)20-15)22(14-6-2-1-3-7-14)12-13-5-4-10-19-11-13/h4-5,10-11,14-15H,1-3,6-9,12H2,(H2,20,21,24,25)/t15-/m1/s1. The number of pyridine rings is 1. The van der Waals surface area contributed by atoms with Gasteiger partial charge in [-0.15, -0.1) is 0 Å². The molecular formula is C18H24N4O3. The van der Waals surface area contributed by atoms with Gasteiger partial charge in [0.25, 0.3) is 5.91 Å². The Morgan fingerprint density at radius 3 is 2.68 bits per heavy atom. The first-order chi connectivity index (χ1) is 12.1. The molecule has 0 spiro atoms. The molecule has 2 N–H and O–H groups in total. The van der Waals surface area contributed by atoms with E-state index in [1.807, 2.05) is 17.0 Å². The summed E-state index contributed by atoms with van der Waals surface area (Å²) in [5.74, 6) is -0.320. The molecule has 2 aliphatic rings. The number of carbonyl (C=O) groups excluding carboxylic acids is 3. The Hall–Kier alpha value is -2.44. The highest BCUT2D eigenvalue weighted by molar-refractivity contribution is 6.04. The molecule has 1 saturated heterocycles. The third-order valence-corrected chi connectivity index (χ3v) is 4.92. The van der Waals surface area contributed by atoms with Gasteiger partial charge >= 0.3 is 6.03 Å². The van der Waals surface area contributed by atoms with Crippen LogP contribution in [0, 0.1) is 0 Å². The first-order valence-corrected chi connectivity index (χ1v) is 8.93. The van der Waals surface area contributed by atoms with Crippen molar-refractivity contribution in [2.45, 2.75) is 63.6 Å². The van der Waals surface area contributed by atoms with Gasteiger partial charge in [-0.3, -0.25) is 19.9 Å². The molecule has 1 aromatic heterocycles. The summed E-state index contributed by atoms with van der Waals surface area (Å²) >= 11 is 0. The Morgan fingerprint density at radius 2 is 2.04 bits per heavy atom. The lowest BCUT2D eigenvalue weighted by Gasteiger charge is -2.34. The molecule has 7 heteroatoms. The molecular weight excluding hydrogens is 320 g/mol. The lowest BCUT2D eigenvalue weighted by molar-refractivity contribution is -0.135. The number of amides is 4. The Bertz CT molecular complexity index is 628. The molecule has 25 heavy (non-hydrogen) atoms. The fourth-order valence-electron chi connectivity index (χ4n) is 3.58. The Morgan fingerprint density at radius 1 is 1.24 bits per heavy atom. The number of nitrogens with zero attached hydrogens (tertiary/aromatic N) is 2. The van der Waals surface area contributed by atoms with E-state index in [0.717, 1.165) is 31.2 Å². The molecule has 1 saturated carbocycles. The maximum atomic E-state index is 12.9. The van der Waals surface area contributed by atoms with Gasteiger partial charge in [-0.25, -0.2) is 4.79 Å². The zero-order chi connectivity index (χ0) is 17.6. The molecule has 1 aliphatic carbocycles. The van der Waals surface area contributed by atoms with E-state index in [1.165, 1.54) is 6.42 Å². The first kappa shape index (κ1) is 17.4. The summed E-state index contributed by atoms with van der Waals surface area (Å²) in [5.41, 5.74) is 1.01. The van der Waals surface area contributed by atoms with Gasteiger partial charge in [0.05, 0.1) is 0 Å². The zero-order valence-electron chi connectivity index (χ0n) is 14.2. The lowest BCUT2D eigenvalue weighted by atomic mass is 9.93. The number of hydrogen-bond acceptors (Lipinski definition) is 4. The average molecular weight is 344 g/mol. The SMILES string of the molecule is O=C1NC(=O)[C@@H](CCC(=O)N(Cc2cccnc2)C2CCCCC2)N1. The van der Waals surface area contributed by atoms with Gasteiger partial charge < -0.3 is 10.2 Å². The van der Waals surface area contributed by atoms with Crippen LogP contribution in [0.25, 0.3) is 0 Å². The van der Waals surface area contributed by atoms with Crippen LogP contribution in [-0.2, 0) is 16.1 Å². The minimum absolute atomic E-state index is 0.0321. The first-order valence-electron chi connectivity index (χ1n) is 8.93. The summed E-state index contributed by atoms with van der Waals surface area (Å²) in [4.78, 5) is 41.7. The molecule has 4 amide bonds. The van der Waals surface area contributed by atoms with Crippen molar-refractivity contribution in [3.63, 3.8) is 0 Å². The van der Waals surface area contributed by atoms with E-state index in [9.17, 15) is 14.4 Å². The second kappa shape index (κ2) is 8.09. The van der Waals surface area contributed by atoms with Crippen molar-refractivity contribution in [3.8, 4) is 0 Å². The Balaban J connectivity index is 1.64. The van der Waals surface area contributed by atoms with Gasteiger partial charge in [0, 0.05) is 31.4 Å². The number of nitrogens with one attached hydrogen (secondary N) is 2. The second-order valence-corrected chi connectivity index (χ2v) is 6.73. The third-order valence-electron chi connectivity index (χ3n) is 4.92. The molecule has 0 unspecified atom stereocenters. The van der Waals surface area contributed by atoms with Crippen molar-refractivity contribution in [2.24, 2.45) is 0 Å². The highest BCUT2D eigenvalue weighted by Gasteiger charge is 2.31. The van der Waals surface area contributed by atoms with Crippen molar-refractivity contribution in [1.29, 1.82) is 0 Å². The fourth-order valence-corrected chi connectivity index (χ4v) is 3.58. The predicted octanol–water partition coefficient (Wildman–Crippen LogP) is 1.73. The van der Waals surface area contributed by atoms with E-state index in [2.05, 4.69) is 15.6 Å². The summed E-state index contributed by atoms with van der Waals surface area (Å²) in [6.07, 6.45) is 9.62. The Labute approximate surface area is 147 Å². The third kappa shape index (κ3) is 4.55. The van der Waals surface area contributed by atoms with Gasteiger partial charge in [0.1, 0.15) is 6.04 Å². The van der Waals surface area contributed by atoms with Crippen LogP contribution in [0.4, 0.5) is 4.79 Å². The maximum Gasteiger partial charge on any atom is 0.322 e. The Kier molecular flexibility index (Phi) is 5.63. The molecule has 2 heterocycles. The van der Waals surface area contributed by atoms with E-state index in [-0.39, 0.29) is 24.3 Å². The number of urea groups is 1. The highest BCUT2D eigenvalue weighted by atomic mass is 16.2. The topological polar surface area (TPSA) is 91.4 Å². The summed E-state index contributed by atoms with van der Waals surface area (Å²) in [7, 11) is 0. The molecule has 3 rings (SSSR count). The van der Waals surface area contributed by atoms with Gasteiger partial charge in [-0.05, 0) is 30.9 Å². The monoisotopic (exact) mass is 344 g/mol. The van der Waals surface area contributed by atoms with Crippen LogP contribution in [0.15, 0.2) is 24.5 Å². The number of hydrogen-bond donors (Lipinski definition) is 2. The van der Waals surface area contributed by atoms with Gasteiger partial charge in [-0.2, -0.15) is 0 Å². The van der Waals surface area contributed by atoms with Crippen molar-refractivity contribution in [3.05, 3.63) is 30.1 Å². The number of aromatic nitrogens is 1. The summed E-state index contributed by atoms with van der Waals surface area (Å²) < 4.78 is 0. The van der Waals surface area contributed by atoms with Crippen molar-refractivity contribution < 1.29 is 14.4 Å². The largest absolute Gasteiger partial charge is 0.335 e. The lowest BCUT2D eigenvalue weighted by Crippen LogP contribution is -2.41. The van der Waals surface area contributed by atoms with E-state index in [4.69, 9.17) is 0 Å². The van der Waals surface area contributed by atoms with Crippen molar-refractivity contribution in [2.75, 3.05) is 0 Å². The van der Waals surface area contributed by atoms with Gasteiger partial charge in [0.15, 0.2) is 0 Å². The molecule has 7 nitrogen and oxygen atoms in total. The molecule has 1 aliphatic heterocycles. The van der Waals surface area contributed by atoms with E-state index >= 15 is 0 Å². The fraction of sp³-hybridized carbons (Fsp3) is 0.556. The van der Waals surface area contributed by atoms with Crippen LogP contribution in [0.3, 0.4) is 0 Å². The minimum Gasteiger partial charge on any atom is -0.335 e. The molecule has 0 bridgehead atoms. The van der Waals surface area contributed by atoms with Crippen LogP contribution in [0.5, 0.6) is 0 Å². The summed E-state index contributed by atoms with van der Waals surface area (Å²) in [5, 5.41) is 4.75. The van der Waals surface area contributed by atoms with Crippen molar-refractivity contribution >= 4 is 17.8 Å². The van der Waals surface area contributed by atoms with Gasteiger partial charge in [0.2, 0.25) is 5.91 Å². The van der Waals surface area contributed by atoms with Crippen LogP contribution in [0.2, 0.25) is 0 Å². The van der Waals surface area contributed by atoms with Crippen LogP contribution >= 0.6 is 0 Å². The molecule has 1 atom stereocenters. The molecule has 0 aromatic carbocycles. The molecule has 134 valence electrons.